The first-order valence-electron chi connectivity index (χ1n) is 5.59. The summed E-state index contributed by atoms with van der Waals surface area (Å²) in [6.45, 7) is 0.217. The summed E-state index contributed by atoms with van der Waals surface area (Å²) in [5.74, 6) is 5.09. The average Bonchev–Trinajstić information content (AvgIpc) is 3.01. The van der Waals surface area contributed by atoms with Gasteiger partial charge in [0, 0.05) is 15.8 Å². The van der Waals surface area contributed by atoms with E-state index >= 15 is 0 Å². The van der Waals surface area contributed by atoms with Crippen LogP contribution in [0.3, 0.4) is 0 Å². The van der Waals surface area contributed by atoms with Gasteiger partial charge in [0.1, 0.15) is 17.5 Å². The zero-order valence-electron chi connectivity index (χ0n) is 10.2. The number of aliphatic hydroxyl groups excluding tert-OH is 1. The number of aliphatic hydroxyl groups is 1. The lowest BCUT2D eigenvalue weighted by Gasteiger charge is -2.00. The summed E-state index contributed by atoms with van der Waals surface area (Å²) in [4.78, 5) is 15.5. The van der Waals surface area contributed by atoms with Crippen molar-refractivity contribution in [2.75, 3.05) is 6.61 Å². The van der Waals surface area contributed by atoms with Crippen molar-refractivity contribution in [3.05, 3.63) is 43.8 Å². The molecule has 0 radical (unpaired) electrons. The molecule has 0 aromatic carbocycles. The molecule has 0 spiro atoms. The van der Waals surface area contributed by atoms with Gasteiger partial charge in [0.05, 0.1) is 11.6 Å². The summed E-state index contributed by atoms with van der Waals surface area (Å²) in [5, 5.41) is 13.8. The monoisotopic (exact) mass is 328 g/mol. The number of carbonyl (C=O) groups is 1. The number of halogens is 2. The first kappa shape index (κ1) is 14.9. The van der Waals surface area contributed by atoms with Crippen molar-refractivity contribution in [1.29, 1.82) is 0 Å². The topological polar surface area (TPSA) is 65.1 Å². The highest BCUT2D eigenvalue weighted by atomic mass is 35.5. The number of hydrogen-bond acceptors (Lipinski definition) is 3. The lowest BCUT2D eigenvalue weighted by atomic mass is 10.3. The van der Waals surface area contributed by atoms with Crippen LogP contribution in [-0.2, 0) is 6.54 Å². The van der Waals surface area contributed by atoms with E-state index in [1.807, 2.05) is 11.4 Å². The first-order valence-corrected chi connectivity index (χ1v) is 7.23. The molecule has 7 heteroatoms. The van der Waals surface area contributed by atoms with Crippen molar-refractivity contribution in [1.82, 2.24) is 10.3 Å². The van der Waals surface area contributed by atoms with Gasteiger partial charge in [-0.05, 0) is 12.1 Å². The molecule has 0 saturated carbocycles. The summed E-state index contributed by atoms with van der Waals surface area (Å²) in [6.07, 6.45) is 0. The van der Waals surface area contributed by atoms with Crippen LogP contribution in [0.4, 0.5) is 0 Å². The van der Waals surface area contributed by atoms with E-state index in [0.29, 0.717) is 17.3 Å². The Kier molecular flexibility index (Phi) is 5.10. The third kappa shape index (κ3) is 3.78. The number of aromatic nitrogens is 1. The van der Waals surface area contributed by atoms with Gasteiger partial charge in [-0.1, -0.05) is 35.0 Å². The lowest BCUT2D eigenvalue weighted by molar-refractivity contribution is 0.0947. The molecule has 0 atom stereocenters. The molecule has 0 aliphatic heterocycles. The van der Waals surface area contributed by atoms with Gasteiger partial charge in [0.25, 0.3) is 5.91 Å². The molecule has 0 saturated heterocycles. The Morgan fingerprint density at radius 2 is 2.25 bits per heavy atom. The number of H-pyrrole nitrogens is 1. The van der Waals surface area contributed by atoms with E-state index < -0.39 is 0 Å². The molecule has 0 bridgehead atoms. The van der Waals surface area contributed by atoms with E-state index in [1.54, 1.807) is 0 Å². The third-order valence-electron chi connectivity index (χ3n) is 2.36. The van der Waals surface area contributed by atoms with Crippen LogP contribution < -0.4 is 5.32 Å². The van der Waals surface area contributed by atoms with Crippen molar-refractivity contribution < 1.29 is 9.90 Å². The number of hydrogen-bond donors (Lipinski definition) is 3. The van der Waals surface area contributed by atoms with Crippen LogP contribution in [0.25, 0.3) is 0 Å². The highest BCUT2D eigenvalue weighted by Crippen LogP contribution is 2.21. The molecule has 104 valence electrons. The van der Waals surface area contributed by atoms with Gasteiger partial charge >= 0.3 is 0 Å². The minimum absolute atomic E-state index is 0.170. The summed E-state index contributed by atoms with van der Waals surface area (Å²) in [7, 11) is 0. The van der Waals surface area contributed by atoms with Crippen LogP contribution in [0.15, 0.2) is 17.5 Å². The Hall–Kier alpha value is -1.45. The molecule has 4 nitrogen and oxygen atoms in total. The van der Waals surface area contributed by atoms with E-state index in [-0.39, 0.29) is 17.7 Å². The maximum atomic E-state index is 11.8. The zero-order chi connectivity index (χ0) is 14.5. The highest BCUT2D eigenvalue weighted by Gasteiger charge is 2.11. The number of nitrogens with one attached hydrogen (secondary N) is 2. The first-order chi connectivity index (χ1) is 9.60. The Bertz CT molecular complexity index is 663. The van der Waals surface area contributed by atoms with E-state index in [1.165, 1.54) is 17.4 Å². The van der Waals surface area contributed by atoms with Gasteiger partial charge in [-0.2, -0.15) is 0 Å². The van der Waals surface area contributed by atoms with Crippen molar-refractivity contribution in [3.8, 4) is 11.8 Å². The van der Waals surface area contributed by atoms with Crippen LogP contribution in [0.2, 0.25) is 10.2 Å². The van der Waals surface area contributed by atoms with Gasteiger partial charge < -0.3 is 15.4 Å². The molecule has 2 heterocycles. The van der Waals surface area contributed by atoms with Crippen molar-refractivity contribution in [2.24, 2.45) is 0 Å². The number of rotatable bonds is 3. The number of aromatic amines is 1. The van der Waals surface area contributed by atoms with E-state index in [0.717, 1.165) is 10.4 Å². The predicted molar refractivity (Wildman–Crippen MR) is 80.3 cm³/mol. The second-order valence-corrected chi connectivity index (χ2v) is 5.57. The quantitative estimate of drug-likeness (QED) is 0.758. The number of carbonyl (C=O) groups excluding carboxylic acids is 1. The standard InChI is InChI=1S/C13H10Cl2N2O2S/c14-10-5-11(17-12(10)15)13(19)16-6-9-4-8(7-20-9)2-1-3-18/h4-5,7,17-18H,3,6H2,(H,16,19). The van der Waals surface area contributed by atoms with Gasteiger partial charge in [0.15, 0.2) is 0 Å². The van der Waals surface area contributed by atoms with Crippen LogP contribution in [0, 0.1) is 11.8 Å². The summed E-state index contributed by atoms with van der Waals surface area (Å²) < 4.78 is 0. The van der Waals surface area contributed by atoms with Gasteiger partial charge in [-0.3, -0.25) is 4.79 Å². The maximum Gasteiger partial charge on any atom is 0.268 e. The summed E-state index contributed by atoms with van der Waals surface area (Å²) in [6, 6.07) is 3.34. The molecular formula is C13H10Cl2N2O2S. The molecule has 20 heavy (non-hydrogen) atoms. The van der Waals surface area contributed by atoms with Crippen molar-refractivity contribution in [3.63, 3.8) is 0 Å². The number of thiophene rings is 1. The van der Waals surface area contributed by atoms with Crippen LogP contribution >= 0.6 is 34.5 Å². The maximum absolute atomic E-state index is 11.8. The lowest BCUT2D eigenvalue weighted by Crippen LogP contribution is -2.22. The van der Waals surface area contributed by atoms with Crippen LogP contribution in [-0.4, -0.2) is 22.6 Å². The number of amides is 1. The van der Waals surface area contributed by atoms with Crippen molar-refractivity contribution in [2.45, 2.75) is 6.54 Å². The van der Waals surface area contributed by atoms with Crippen LogP contribution in [0.1, 0.15) is 20.9 Å². The fraction of sp³-hybridized carbons (Fsp3) is 0.154. The van der Waals surface area contributed by atoms with E-state index in [2.05, 4.69) is 22.1 Å². The van der Waals surface area contributed by atoms with E-state index in [4.69, 9.17) is 28.3 Å². The summed E-state index contributed by atoms with van der Waals surface area (Å²) >= 11 is 13.0. The average molecular weight is 329 g/mol. The van der Waals surface area contributed by atoms with Crippen molar-refractivity contribution >= 4 is 40.4 Å². The largest absolute Gasteiger partial charge is 0.384 e. The minimum atomic E-state index is -0.282. The third-order valence-corrected chi connectivity index (χ3v) is 3.99. The molecule has 0 aliphatic carbocycles. The fourth-order valence-corrected chi connectivity index (χ4v) is 2.54. The molecular weight excluding hydrogens is 319 g/mol. The van der Waals surface area contributed by atoms with Crippen LogP contribution in [0.5, 0.6) is 0 Å². The molecule has 2 aromatic rings. The highest BCUT2D eigenvalue weighted by molar-refractivity contribution is 7.10. The second-order valence-electron chi connectivity index (χ2n) is 3.79. The molecule has 0 fully saturated rings. The molecule has 1 amide bonds. The second kappa shape index (κ2) is 6.82. The fourth-order valence-electron chi connectivity index (χ4n) is 1.47. The minimum Gasteiger partial charge on any atom is -0.384 e. The predicted octanol–water partition coefficient (Wildman–Crippen LogP) is 2.66. The van der Waals surface area contributed by atoms with Gasteiger partial charge in [-0.25, -0.2) is 0 Å². The van der Waals surface area contributed by atoms with Gasteiger partial charge in [0.2, 0.25) is 0 Å². The Balaban J connectivity index is 1.95. The molecule has 2 rings (SSSR count). The molecule has 2 aromatic heterocycles. The smallest absolute Gasteiger partial charge is 0.268 e. The Labute approximate surface area is 129 Å². The molecule has 3 N–H and O–H groups in total. The SMILES string of the molecule is O=C(NCc1cc(C#CCO)cs1)c1cc(Cl)c(Cl)[nH]1. The Morgan fingerprint density at radius 1 is 1.45 bits per heavy atom. The molecule has 0 aliphatic rings. The van der Waals surface area contributed by atoms with Gasteiger partial charge in [-0.15, -0.1) is 11.3 Å². The molecule has 0 unspecified atom stereocenters. The Morgan fingerprint density at radius 3 is 2.90 bits per heavy atom. The van der Waals surface area contributed by atoms with E-state index in [9.17, 15) is 4.79 Å². The normalized spacial score (nSPS) is 9.95. The summed E-state index contributed by atoms with van der Waals surface area (Å²) in [5.41, 5.74) is 1.14. The zero-order valence-corrected chi connectivity index (χ0v) is 12.5.